The fourth-order valence-corrected chi connectivity index (χ4v) is 11.2. The van der Waals surface area contributed by atoms with Crippen LogP contribution >= 0.6 is 0 Å². The van der Waals surface area contributed by atoms with E-state index in [4.69, 9.17) is 0 Å². The summed E-state index contributed by atoms with van der Waals surface area (Å²) in [5, 5.41) is 0. The standard InChI is InChI=1S/C13H25F3.C12H25F.C8H13F3.C7H12F2.C7H13F.2C6H11F3.C6H13F.C5H9F3.3C5H12.C4H7F3.C4H10.C3H8.C2H6/c1-6-10(7-2)12(5,13(14,15)16)11(8-3)9-4;1-6-10(7-2)12(5,13)11(8-3)9-4;1-7(8(9,10)11)5-3-2-4-6-7;1-6-2-4-7(8,9)5-3-6;1-7(8)5-3-2-4-6-7;2*1-3-5(2)4-6(7,8)9;1-4-6(3,7)5-2;1-3-4(2)5(6,7)8;2*1-5(2,3)4;1-4-5(2)3;1-3(2)4(5,6)7;1-4(2)3;1-3-2;1-2/h10-11H,6-9H2,1-5H3;10-11H,6-9H2,1-5H3;2-6H2,1H3;6H,2-5H2,1H3;2-6H2,1H3;2*5H,3-4H2,1-2H3;4-5H2,1-3H3;4H,3H2,1-2H3;2*1-4H3;5H,4H2,1-3H3;3H,1-2H3;4H,1-3H3;3H2,1-2H3;1-2H3/t;;;;;2*5-;;;;;;;;;/m.....00........./s1. The smallest absolute Gasteiger partial charge is 0.244 e. The van der Waals surface area contributed by atoms with Gasteiger partial charge in [-0.3, -0.25) is 0 Å². The quantitative estimate of drug-likeness (QED) is 0.107. The SMILES string of the molecule is CC.CC(C)(C)C.CC(C)(C)C.CC(C)C.CC(C)C(F)(F)F.CC1(C(F)(F)F)CCCCC1.CC1(F)CCCCC1.CC1CCC(F)(F)CC1.CCC.CCC(C)(F)CC.CCC(C)C.CCC(C)C(F)(F)F.CCC(CC)C(C)(C(CC)CC)C(F)(F)F.CCC(CC)C(C)(F)C(CC)CC.CC[C@H](C)CC(F)(F)F.CC[C@H](C)CC(F)(F)F. The first-order valence-electron chi connectivity index (χ1n) is 46.8. The number of rotatable bonds is 20. The maximum atomic E-state index is 14.4. The Bertz CT molecular complexity index is 1990. The van der Waals surface area contributed by atoms with Crippen molar-refractivity contribution in [3.8, 4) is 0 Å². The summed E-state index contributed by atoms with van der Waals surface area (Å²) in [6.07, 6.45) is -4.26. The molecule has 0 aliphatic heterocycles. The molecule has 3 aliphatic carbocycles. The van der Waals surface area contributed by atoms with E-state index in [0.29, 0.717) is 93.8 Å². The van der Waals surface area contributed by atoms with Crippen molar-refractivity contribution in [3.05, 3.63) is 0 Å². The first-order chi connectivity index (χ1) is 54.0. The van der Waals surface area contributed by atoms with E-state index in [0.717, 1.165) is 96.3 Å². The highest BCUT2D eigenvalue weighted by atomic mass is 19.4. The van der Waals surface area contributed by atoms with Crippen LogP contribution in [0.1, 0.15) is 490 Å². The van der Waals surface area contributed by atoms with Gasteiger partial charge in [0.1, 0.15) is 17.0 Å². The molecule has 0 aromatic carbocycles. The number of hydrogen-bond acceptors (Lipinski definition) is 0. The molecule has 3 saturated carbocycles. The summed E-state index contributed by atoms with van der Waals surface area (Å²) >= 11 is 0. The molecule has 0 amide bonds. The number of hydrogen-bond donors (Lipinski definition) is 0. The van der Waals surface area contributed by atoms with Gasteiger partial charge in [0.05, 0.1) is 16.7 Å². The monoisotopic (exact) mass is 1810 g/mol. The highest BCUT2D eigenvalue weighted by molar-refractivity contribution is 4.93. The van der Waals surface area contributed by atoms with E-state index in [1.807, 2.05) is 62.3 Å². The molecule has 3 aliphatic rings. The zero-order chi connectivity index (χ0) is 100. The van der Waals surface area contributed by atoms with Gasteiger partial charge < -0.3 is 0 Å². The maximum Gasteiger partial charge on any atom is 0.394 e. The van der Waals surface area contributed by atoms with Gasteiger partial charge in [-0.15, -0.1) is 0 Å². The van der Waals surface area contributed by atoms with Crippen molar-refractivity contribution in [2.75, 3.05) is 0 Å². The van der Waals surface area contributed by atoms with Gasteiger partial charge in [-0.25, -0.2) is 22.0 Å². The predicted molar refractivity (Wildman–Crippen MR) is 482 cm³/mol. The van der Waals surface area contributed by atoms with Crippen LogP contribution in [0.3, 0.4) is 0 Å². The van der Waals surface area contributed by atoms with Crippen LogP contribution < -0.4 is 0 Å². The van der Waals surface area contributed by atoms with E-state index >= 15 is 0 Å². The van der Waals surface area contributed by atoms with E-state index in [1.54, 1.807) is 48.5 Å². The van der Waals surface area contributed by atoms with Crippen molar-refractivity contribution in [1.29, 1.82) is 0 Å². The third kappa shape index (κ3) is 104. The van der Waals surface area contributed by atoms with Gasteiger partial charge >= 0.3 is 37.1 Å². The van der Waals surface area contributed by atoms with Crippen molar-refractivity contribution in [2.45, 2.75) is 550 Å². The van der Waals surface area contributed by atoms with Crippen LogP contribution in [-0.2, 0) is 0 Å². The van der Waals surface area contributed by atoms with Crippen LogP contribution in [0, 0.1) is 86.8 Å². The Labute approximate surface area is 734 Å². The molecule has 23 heteroatoms. The molecule has 0 aromatic rings. The lowest BCUT2D eigenvalue weighted by Gasteiger charge is -2.44. The third-order valence-electron chi connectivity index (χ3n) is 21.1. The van der Waals surface area contributed by atoms with Crippen LogP contribution in [0.2, 0.25) is 0 Å². The van der Waals surface area contributed by atoms with Gasteiger partial charge in [-0.05, 0) is 143 Å². The average molecular weight is 1810 g/mol. The van der Waals surface area contributed by atoms with E-state index in [2.05, 4.69) is 138 Å². The van der Waals surface area contributed by atoms with Crippen molar-refractivity contribution >= 4 is 0 Å². The van der Waals surface area contributed by atoms with Crippen LogP contribution in [-0.4, -0.2) is 60.0 Å². The summed E-state index contributed by atoms with van der Waals surface area (Å²) in [6.45, 7) is 80.1. The minimum Gasteiger partial charge on any atom is -0.244 e. The van der Waals surface area contributed by atoms with Crippen LogP contribution in [0.15, 0.2) is 0 Å². The fourth-order valence-electron chi connectivity index (χ4n) is 11.2. The Kier molecular flexibility index (Phi) is 93.0. The van der Waals surface area contributed by atoms with E-state index in [9.17, 15) is 101 Å². The van der Waals surface area contributed by atoms with Crippen LogP contribution in [0.25, 0.3) is 0 Å². The molecular weight excluding hydrogens is 1610 g/mol. The highest BCUT2D eigenvalue weighted by Crippen LogP contribution is 2.54. The second-order valence-corrected chi connectivity index (χ2v) is 39.2. The second-order valence-electron chi connectivity index (χ2n) is 39.2. The summed E-state index contributed by atoms with van der Waals surface area (Å²) in [6, 6.07) is 0. The molecule has 3 atom stereocenters. The molecule has 1 unspecified atom stereocenters. The van der Waals surface area contributed by atoms with E-state index in [-0.39, 0.29) is 54.8 Å². The molecule has 752 valence electrons. The molecule has 0 spiro atoms. The molecule has 0 aromatic heterocycles. The summed E-state index contributed by atoms with van der Waals surface area (Å²) in [5.41, 5.74) is -4.61. The van der Waals surface area contributed by atoms with Gasteiger partial charge in [-0.2, -0.15) is 79.0 Å². The summed E-state index contributed by atoms with van der Waals surface area (Å²) in [7, 11) is 0. The van der Waals surface area contributed by atoms with E-state index < -0.39 is 95.5 Å². The Hall–Kier alpha value is -1.61. The second kappa shape index (κ2) is 76.1. The molecule has 121 heavy (non-hydrogen) atoms. The van der Waals surface area contributed by atoms with Crippen LogP contribution in [0.5, 0.6) is 0 Å². The lowest BCUT2D eigenvalue weighted by Crippen LogP contribution is -2.47. The Morgan fingerprint density at radius 1 is 0.339 bits per heavy atom. The lowest BCUT2D eigenvalue weighted by molar-refractivity contribution is -0.258. The van der Waals surface area contributed by atoms with Crippen molar-refractivity contribution in [2.24, 2.45) is 86.8 Å². The number of halogens is 23. The molecule has 0 bridgehead atoms. The maximum absolute atomic E-state index is 14.4. The number of alkyl halides is 23. The topological polar surface area (TPSA) is 0 Å². The first kappa shape index (κ1) is 148. The summed E-state index contributed by atoms with van der Waals surface area (Å²) in [5.74, 6) is -2.99. The molecule has 3 rings (SSSR count). The molecule has 0 heterocycles. The minimum absolute atomic E-state index is 0.105. The minimum atomic E-state index is -4.10. The summed E-state index contributed by atoms with van der Waals surface area (Å²) in [4.78, 5) is 0. The van der Waals surface area contributed by atoms with Crippen LogP contribution in [0.4, 0.5) is 101 Å². The largest absolute Gasteiger partial charge is 0.394 e. The van der Waals surface area contributed by atoms with Gasteiger partial charge in [-0.1, -0.05) is 386 Å². The van der Waals surface area contributed by atoms with Crippen molar-refractivity contribution in [1.82, 2.24) is 0 Å². The molecule has 0 radical (unpaired) electrons. The van der Waals surface area contributed by atoms with Gasteiger partial charge in [0.2, 0.25) is 5.92 Å². The normalized spacial score (nSPS) is 16.2. The molecular formula is C98H199F23. The van der Waals surface area contributed by atoms with Gasteiger partial charge in [0.25, 0.3) is 0 Å². The fraction of sp³-hybridized carbons (Fsp3) is 1.00. The molecule has 0 saturated heterocycles. The van der Waals surface area contributed by atoms with Crippen molar-refractivity contribution in [3.63, 3.8) is 0 Å². The van der Waals surface area contributed by atoms with E-state index in [1.165, 1.54) is 47.0 Å². The zero-order valence-electron chi connectivity index (χ0n) is 86.0. The average Bonchev–Trinajstić information content (AvgIpc) is 0.775. The predicted octanol–water partition coefficient (Wildman–Crippen LogP) is 42.6. The van der Waals surface area contributed by atoms with Crippen molar-refractivity contribution < 1.29 is 101 Å². The summed E-state index contributed by atoms with van der Waals surface area (Å²) < 4.78 is 278. The van der Waals surface area contributed by atoms with Gasteiger partial charge in [0, 0.05) is 31.6 Å². The molecule has 3 fully saturated rings. The zero-order valence-corrected chi connectivity index (χ0v) is 86.0. The van der Waals surface area contributed by atoms with Gasteiger partial charge in [0.15, 0.2) is 0 Å². The Balaban J connectivity index is -0.0000000952. The highest BCUT2D eigenvalue weighted by Gasteiger charge is 2.58. The Morgan fingerprint density at radius 2 is 0.570 bits per heavy atom. The third-order valence-corrected chi connectivity index (χ3v) is 21.1. The lowest BCUT2D eigenvalue weighted by atomic mass is 9.63. The molecule has 0 nitrogen and oxygen atoms in total. The molecule has 0 N–H and O–H groups in total. The first-order valence-corrected chi connectivity index (χ1v) is 46.8. The Morgan fingerprint density at radius 3 is 0.669 bits per heavy atom.